The molecule has 0 bridgehead atoms. The van der Waals surface area contributed by atoms with E-state index in [4.69, 9.17) is 14.2 Å². The molecule has 2 heterocycles. The van der Waals surface area contributed by atoms with Gasteiger partial charge in [0.25, 0.3) is 5.91 Å². The molecule has 8 nitrogen and oxygen atoms in total. The highest BCUT2D eigenvalue weighted by molar-refractivity contribution is 6.04. The summed E-state index contributed by atoms with van der Waals surface area (Å²) in [5.41, 5.74) is 2.69. The Morgan fingerprint density at radius 2 is 1.97 bits per heavy atom. The molecule has 0 unspecified atom stereocenters. The van der Waals surface area contributed by atoms with Gasteiger partial charge in [-0.3, -0.25) is 4.79 Å². The lowest BCUT2D eigenvalue weighted by atomic mass is 10.1. The minimum absolute atomic E-state index is 0.172. The standard InChI is InChI=1S/C21H19N3O5/c1-3-27-21(26)17-9-13(2)24(23-17)16-6-4-5-14(10-16)20(25)22-15-7-8-18-19(11-15)29-12-28-18/h4-11H,3,12H2,1-2H3,(H,22,25). The van der Waals surface area contributed by atoms with E-state index in [1.54, 1.807) is 54.1 Å². The average molecular weight is 393 g/mol. The fourth-order valence-corrected chi connectivity index (χ4v) is 3.00. The molecule has 2 aromatic carbocycles. The van der Waals surface area contributed by atoms with Crippen molar-refractivity contribution in [1.29, 1.82) is 0 Å². The summed E-state index contributed by atoms with van der Waals surface area (Å²) in [6.07, 6.45) is 0. The number of anilines is 1. The Kier molecular flexibility index (Phi) is 4.90. The van der Waals surface area contributed by atoms with Crippen LogP contribution in [0.4, 0.5) is 5.69 Å². The van der Waals surface area contributed by atoms with Crippen LogP contribution in [0.25, 0.3) is 5.69 Å². The number of benzene rings is 2. The van der Waals surface area contributed by atoms with Gasteiger partial charge in [0.1, 0.15) is 0 Å². The van der Waals surface area contributed by atoms with Crippen molar-refractivity contribution in [3.05, 3.63) is 65.5 Å². The highest BCUT2D eigenvalue weighted by Crippen LogP contribution is 2.34. The molecule has 1 aliphatic rings. The molecule has 1 aliphatic heterocycles. The van der Waals surface area contributed by atoms with Gasteiger partial charge in [-0.25, -0.2) is 9.48 Å². The number of carbonyl (C=O) groups excluding carboxylic acids is 2. The molecule has 0 saturated carbocycles. The van der Waals surface area contributed by atoms with Crippen molar-refractivity contribution in [2.75, 3.05) is 18.7 Å². The number of aryl methyl sites for hydroxylation is 1. The van der Waals surface area contributed by atoms with E-state index in [1.165, 1.54) is 0 Å². The Bertz CT molecular complexity index is 1090. The number of nitrogens with zero attached hydrogens (tertiary/aromatic N) is 2. The molecule has 0 saturated heterocycles. The zero-order valence-corrected chi connectivity index (χ0v) is 16.0. The number of rotatable bonds is 5. The Hall–Kier alpha value is -3.81. The maximum atomic E-state index is 12.7. The maximum absolute atomic E-state index is 12.7. The van der Waals surface area contributed by atoms with Crippen molar-refractivity contribution >= 4 is 17.6 Å². The monoisotopic (exact) mass is 393 g/mol. The van der Waals surface area contributed by atoms with Crippen LogP contribution in [0.2, 0.25) is 0 Å². The predicted molar refractivity (Wildman–Crippen MR) is 105 cm³/mol. The van der Waals surface area contributed by atoms with Crippen LogP contribution in [0.3, 0.4) is 0 Å². The Morgan fingerprint density at radius 3 is 2.79 bits per heavy atom. The minimum Gasteiger partial charge on any atom is -0.461 e. The van der Waals surface area contributed by atoms with E-state index >= 15 is 0 Å². The Labute approximate surface area is 167 Å². The molecule has 29 heavy (non-hydrogen) atoms. The summed E-state index contributed by atoms with van der Waals surface area (Å²) in [5, 5.41) is 7.15. The van der Waals surface area contributed by atoms with Crippen LogP contribution in [0.5, 0.6) is 11.5 Å². The molecule has 3 aromatic rings. The number of esters is 1. The summed E-state index contributed by atoms with van der Waals surface area (Å²) in [4.78, 5) is 24.6. The molecule has 0 atom stereocenters. The number of fused-ring (bicyclic) bond motifs is 1. The largest absolute Gasteiger partial charge is 0.461 e. The van der Waals surface area contributed by atoms with E-state index in [2.05, 4.69) is 10.4 Å². The quantitative estimate of drug-likeness (QED) is 0.669. The highest BCUT2D eigenvalue weighted by atomic mass is 16.7. The molecule has 4 rings (SSSR count). The van der Waals surface area contributed by atoms with Crippen LogP contribution in [0.1, 0.15) is 33.5 Å². The van der Waals surface area contributed by atoms with Crippen molar-refractivity contribution in [3.63, 3.8) is 0 Å². The molecular weight excluding hydrogens is 374 g/mol. The number of carbonyl (C=O) groups is 2. The van der Waals surface area contributed by atoms with Crippen LogP contribution in [0, 0.1) is 6.92 Å². The summed E-state index contributed by atoms with van der Waals surface area (Å²) in [5.74, 6) is 0.485. The molecular formula is C21H19N3O5. The van der Waals surface area contributed by atoms with Gasteiger partial charge in [-0.1, -0.05) is 6.07 Å². The summed E-state index contributed by atoms with van der Waals surface area (Å²) in [6.45, 7) is 4.02. The zero-order valence-electron chi connectivity index (χ0n) is 16.0. The van der Waals surface area contributed by atoms with Crippen LogP contribution in [-0.2, 0) is 4.74 Å². The third kappa shape index (κ3) is 3.77. The SMILES string of the molecule is CCOC(=O)c1cc(C)n(-c2cccc(C(=O)Nc3ccc4c(c3)OCO4)c2)n1. The van der Waals surface area contributed by atoms with Gasteiger partial charge in [-0.15, -0.1) is 0 Å². The summed E-state index contributed by atoms with van der Waals surface area (Å²) >= 11 is 0. The van der Waals surface area contributed by atoms with E-state index in [1.807, 2.05) is 13.0 Å². The first-order chi connectivity index (χ1) is 14.0. The average Bonchev–Trinajstić information content (AvgIpc) is 3.34. The molecule has 0 radical (unpaired) electrons. The van der Waals surface area contributed by atoms with Crippen LogP contribution in [0.15, 0.2) is 48.5 Å². The number of nitrogens with one attached hydrogen (secondary N) is 1. The fourth-order valence-electron chi connectivity index (χ4n) is 3.00. The number of aromatic nitrogens is 2. The van der Waals surface area contributed by atoms with Gasteiger partial charge in [0.15, 0.2) is 17.2 Å². The predicted octanol–water partition coefficient (Wildman–Crippen LogP) is 3.34. The van der Waals surface area contributed by atoms with Crippen molar-refractivity contribution in [2.45, 2.75) is 13.8 Å². The highest BCUT2D eigenvalue weighted by Gasteiger charge is 2.17. The molecule has 0 aliphatic carbocycles. The van der Waals surface area contributed by atoms with Crippen LogP contribution in [-0.4, -0.2) is 35.1 Å². The van der Waals surface area contributed by atoms with Crippen molar-refractivity contribution in [2.24, 2.45) is 0 Å². The number of amides is 1. The third-order valence-electron chi connectivity index (χ3n) is 4.36. The summed E-state index contributed by atoms with van der Waals surface area (Å²) in [6, 6.07) is 13.8. The van der Waals surface area contributed by atoms with Gasteiger partial charge < -0.3 is 19.5 Å². The fraction of sp³-hybridized carbons (Fsp3) is 0.190. The van der Waals surface area contributed by atoms with Gasteiger partial charge in [0.2, 0.25) is 6.79 Å². The zero-order chi connectivity index (χ0) is 20.4. The maximum Gasteiger partial charge on any atom is 0.358 e. The molecule has 1 aromatic heterocycles. The second kappa shape index (κ2) is 7.67. The van der Waals surface area contributed by atoms with Crippen molar-refractivity contribution < 1.29 is 23.8 Å². The lowest BCUT2D eigenvalue weighted by Crippen LogP contribution is -2.13. The first-order valence-electron chi connectivity index (χ1n) is 9.10. The van der Waals surface area contributed by atoms with E-state index in [9.17, 15) is 9.59 Å². The van der Waals surface area contributed by atoms with E-state index in [0.29, 0.717) is 28.4 Å². The van der Waals surface area contributed by atoms with E-state index in [0.717, 1.165) is 5.69 Å². The second-order valence-corrected chi connectivity index (χ2v) is 6.38. The van der Waals surface area contributed by atoms with Crippen LogP contribution >= 0.6 is 0 Å². The molecule has 1 N–H and O–H groups in total. The molecule has 8 heteroatoms. The lowest BCUT2D eigenvalue weighted by Gasteiger charge is -2.09. The first-order valence-corrected chi connectivity index (χ1v) is 9.10. The molecule has 0 spiro atoms. The second-order valence-electron chi connectivity index (χ2n) is 6.38. The first kappa shape index (κ1) is 18.5. The summed E-state index contributed by atoms with van der Waals surface area (Å²) < 4.78 is 17.2. The minimum atomic E-state index is -0.481. The Morgan fingerprint density at radius 1 is 1.14 bits per heavy atom. The topological polar surface area (TPSA) is 91.7 Å². The Balaban J connectivity index is 1.56. The van der Waals surface area contributed by atoms with Gasteiger partial charge >= 0.3 is 5.97 Å². The van der Waals surface area contributed by atoms with Gasteiger partial charge in [0.05, 0.1) is 12.3 Å². The molecule has 0 fully saturated rings. The summed E-state index contributed by atoms with van der Waals surface area (Å²) in [7, 11) is 0. The van der Waals surface area contributed by atoms with Crippen molar-refractivity contribution in [3.8, 4) is 17.2 Å². The molecule has 1 amide bonds. The van der Waals surface area contributed by atoms with Crippen LogP contribution < -0.4 is 14.8 Å². The lowest BCUT2D eigenvalue weighted by molar-refractivity contribution is 0.0518. The van der Waals surface area contributed by atoms with E-state index in [-0.39, 0.29) is 25.0 Å². The van der Waals surface area contributed by atoms with Gasteiger partial charge in [-0.2, -0.15) is 5.10 Å². The number of hydrogen-bond acceptors (Lipinski definition) is 6. The van der Waals surface area contributed by atoms with Crippen molar-refractivity contribution in [1.82, 2.24) is 9.78 Å². The van der Waals surface area contributed by atoms with E-state index < -0.39 is 5.97 Å². The smallest absolute Gasteiger partial charge is 0.358 e. The molecule has 148 valence electrons. The third-order valence-corrected chi connectivity index (χ3v) is 4.36. The normalized spacial score (nSPS) is 11.9. The van der Waals surface area contributed by atoms with Gasteiger partial charge in [-0.05, 0) is 50.2 Å². The number of hydrogen-bond donors (Lipinski definition) is 1. The number of ether oxygens (including phenoxy) is 3. The van der Waals surface area contributed by atoms with Gasteiger partial charge in [0, 0.05) is 23.0 Å².